The molecule has 1 saturated heterocycles. The predicted octanol–water partition coefficient (Wildman–Crippen LogP) is -0.687. The van der Waals surface area contributed by atoms with Crippen molar-refractivity contribution in [2.24, 2.45) is 0 Å². The highest BCUT2D eigenvalue weighted by Gasteiger charge is 2.26. The fourth-order valence-corrected chi connectivity index (χ4v) is 2.35. The monoisotopic (exact) mass is 300 g/mol. The van der Waals surface area contributed by atoms with Crippen molar-refractivity contribution in [2.75, 3.05) is 39.8 Å². The molecular formula is C13H24N4O4. The van der Waals surface area contributed by atoms with Crippen molar-refractivity contribution in [2.45, 2.75) is 25.8 Å². The van der Waals surface area contributed by atoms with E-state index in [2.05, 4.69) is 15.5 Å². The second-order valence-corrected chi connectivity index (χ2v) is 5.20. The Kier molecular flexibility index (Phi) is 6.93. The number of amides is 3. The molecule has 0 bridgehead atoms. The molecule has 1 fully saturated rings. The number of likely N-dealkylation sites (N-methyl/N-ethyl adjacent to an activating group) is 1. The van der Waals surface area contributed by atoms with E-state index in [-0.39, 0.29) is 18.6 Å². The van der Waals surface area contributed by atoms with Crippen LogP contribution in [0.2, 0.25) is 0 Å². The van der Waals surface area contributed by atoms with Crippen LogP contribution in [0.25, 0.3) is 0 Å². The molecule has 1 atom stereocenters. The lowest BCUT2D eigenvalue weighted by molar-refractivity contribution is -0.137. The van der Waals surface area contributed by atoms with Gasteiger partial charge in [-0.25, -0.2) is 4.79 Å². The number of aliphatic carboxylic acids is 1. The fourth-order valence-electron chi connectivity index (χ4n) is 2.35. The van der Waals surface area contributed by atoms with Crippen molar-refractivity contribution in [3.8, 4) is 0 Å². The first-order chi connectivity index (χ1) is 9.93. The molecular weight excluding hydrogens is 276 g/mol. The highest BCUT2D eigenvalue weighted by molar-refractivity contribution is 5.86. The van der Waals surface area contributed by atoms with Crippen LogP contribution in [0.3, 0.4) is 0 Å². The fraction of sp³-hybridized carbons (Fsp3) is 0.769. The first kappa shape index (κ1) is 17.2. The third kappa shape index (κ3) is 5.99. The Morgan fingerprint density at radius 2 is 1.90 bits per heavy atom. The minimum Gasteiger partial charge on any atom is -0.480 e. The van der Waals surface area contributed by atoms with Crippen LogP contribution >= 0.6 is 0 Å². The summed E-state index contributed by atoms with van der Waals surface area (Å²) in [7, 11) is 2.03. The zero-order chi connectivity index (χ0) is 15.8. The average molecular weight is 300 g/mol. The summed E-state index contributed by atoms with van der Waals surface area (Å²) >= 11 is 0. The van der Waals surface area contributed by atoms with Gasteiger partial charge in [-0.3, -0.25) is 9.59 Å². The zero-order valence-electron chi connectivity index (χ0n) is 12.6. The van der Waals surface area contributed by atoms with Gasteiger partial charge in [0.15, 0.2) is 0 Å². The number of hydrogen-bond donors (Lipinski definition) is 3. The summed E-state index contributed by atoms with van der Waals surface area (Å²) in [6.07, 6.45) is 1.74. The number of carboxylic acid groups (broad SMARTS) is 1. The number of hydrogen-bond acceptors (Lipinski definition) is 4. The Hall–Kier alpha value is -1.83. The van der Waals surface area contributed by atoms with Gasteiger partial charge >= 0.3 is 12.0 Å². The van der Waals surface area contributed by atoms with Gasteiger partial charge < -0.3 is 25.5 Å². The van der Waals surface area contributed by atoms with Gasteiger partial charge in [0.1, 0.15) is 6.54 Å². The van der Waals surface area contributed by atoms with Gasteiger partial charge in [0.2, 0.25) is 5.91 Å². The van der Waals surface area contributed by atoms with Crippen LogP contribution in [0.1, 0.15) is 19.8 Å². The average Bonchev–Trinajstić information content (AvgIpc) is 2.63. The third-order valence-corrected chi connectivity index (χ3v) is 3.47. The van der Waals surface area contributed by atoms with Crippen molar-refractivity contribution in [1.82, 2.24) is 20.4 Å². The maximum atomic E-state index is 12.2. The van der Waals surface area contributed by atoms with Gasteiger partial charge in [0.05, 0.1) is 6.54 Å². The Labute approximate surface area is 124 Å². The lowest BCUT2D eigenvalue weighted by atomic mass is 10.2. The van der Waals surface area contributed by atoms with Crippen molar-refractivity contribution >= 4 is 17.9 Å². The number of nitrogens with one attached hydrogen (secondary N) is 2. The second kappa shape index (κ2) is 8.46. The summed E-state index contributed by atoms with van der Waals surface area (Å²) in [6, 6.07) is -0.151. The quantitative estimate of drug-likeness (QED) is 0.624. The minimum absolute atomic E-state index is 0.125. The van der Waals surface area contributed by atoms with E-state index in [0.29, 0.717) is 6.54 Å². The number of rotatable bonds is 5. The van der Waals surface area contributed by atoms with E-state index < -0.39 is 18.4 Å². The Morgan fingerprint density at radius 1 is 1.19 bits per heavy atom. The minimum atomic E-state index is -1.11. The lowest BCUT2D eigenvalue weighted by Gasteiger charge is -2.30. The number of carbonyl (C=O) groups excluding carboxylic acids is 2. The van der Waals surface area contributed by atoms with Crippen LogP contribution in [-0.4, -0.2) is 78.6 Å². The molecule has 0 aliphatic carbocycles. The maximum absolute atomic E-state index is 12.2. The summed E-state index contributed by atoms with van der Waals surface area (Å²) in [4.78, 5) is 37.8. The van der Waals surface area contributed by atoms with Crippen LogP contribution < -0.4 is 10.6 Å². The normalized spacial score (nSPS) is 19.7. The Bertz CT molecular complexity index is 388. The van der Waals surface area contributed by atoms with Crippen molar-refractivity contribution < 1.29 is 19.5 Å². The molecule has 120 valence electrons. The van der Waals surface area contributed by atoms with E-state index in [0.717, 1.165) is 25.9 Å². The molecule has 21 heavy (non-hydrogen) atoms. The van der Waals surface area contributed by atoms with Crippen molar-refractivity contribution in [3.63, 3.8) is 0 Å². The van der Waals surface area contributed by atoms with Gasteiger partial charge in [-0.05, 0) is 26.4 Å². The topological polar surface area (TPSA) is 102 Å². The molecule has 0 aromatic carbocycles. The van der Waals surface area contributed by atoms with E-state index in [1.54, 1.807) is 4.90 Å². The molecule has 8 nitrogen and oxygen atoms in total. The van der Waals surface area contributed by atoms with Crippen LogP contribution in [0.15, 0.2) is 0 Å². The molecule has 0 aromatic rings. The molecule has 1 heterocycles. The van der Waals surface area contributed by atoms with E-state index in [4.69, 9.17) is 5.11 Å². The number of urea groups is 1. The molecule has 0 saturated carbocycles. The lowest BCUT2D eigenvalue weighted by Crippen LogP contribution is -2.50. The summed E-state index contributed by atoms with van der Waals surface area (Å²) in [6.45, 7) is 3.79. The molecule has 1 aliphatic heterocycles. The maximum Gasteiger partial charge on any atom is 0.322 e. The predicted molar refractivity (Wildman–Crippen MR) is 76.9 cm³/mol. The largest absolute Gasteiger partial charge is 0.480 e. The van der Waals surface area contributed by atoms with Gasteiger partial charge in [0, 0.05) is 19.1 Å². The van der Waals surface area contributed by atoms with Crippen LogP contribution in [-0.2, 0) is 9.59 Å². The van der Waals surface area contributed by atoms with Crippen molar-refractivity contribution in [1.29, 1.82) is 0 Å². The molecule has 0 radical (unpaired) electrons. The number of nitrogens with zero attached hydrogens (tertiary/aromatic N) is 2. The third-order valence-electron chi connectivity index (χ3n) is 3.47. The molecule has 1 aliphatic rings. The summed E-state index contributed by atoms with van der Waals surface area (Å²) in [5, 5.41) is 13.2. The first-order valence-corrected chi connectivity index (χ1v) is 7.15. The van der Waals surface area contributed by atoms with Gasteiger partial charge in [-0.15, -0.1) is 0 Å². The van der Waals surface area contributed by atoms with Crippen molar-refractivity contribution in [3.05, 3.63) is 0 Å². The van der Waals surface area contributed by atoms with Crippen LogP contribution in [0.5, 0.6) is 0 Å². The molecule has 1 unspecified atom stereocenters. The SMILES string of the molecule is CCC1CN(C)CCCN1C(=O)NCC(=O)NCC(=O)O. The van der Waals surface area contributed by atoms with E-state index in [1.165, 1.54) is 0 Å². The highest BCUT2D eigenvalue weighted by atomic mass is 16.4. The van der Waals surface area contributed by atoms with E-state index >= 15 is 0 Å². The molecule has 1 rings (SSSR count). The van der Waals surface area contributed by atoms with E-state index in [1.807, 2.05) is 14.0 Å². The molecule has 0 spiro atoms. The number of carboxylic acids is 1. The van der Waals surface area contributed by atoms with E-state index in [9.17, 15) is 14.4 Å². The number of carbonyl (C=O) groups is 3. The molecule has 3 N–H and O–H groups in total. The Morgan fingerprint density at radius 3 is 2.52 bits per heavy atom. The zero-order valence-corrected chi connectivity index (χ0v) is 12.6. The molecule has 0 aromatic heterocycles. The highest BCUT2D eigenvalue weighted by Crippen LogP contribution is 2.11. The summed E-state index contributed by atoms with van der Waals surface area (Å²) < 4.78 is 0. The molecule has 8 heteroatoms. The van der Waals surface area contributed by atoms with Crippen LogP contribution in [0.4, 0.5) is 4.79 Å². The smallest absolute Gasteiger partial charge is 0.322 e. The van der Waals surface area contributed by atoms with Gasteiger partial charge in [-0.1, -0.05) is 6.92 Å². The standard InChI is InChI=1S/C13H24N4O4/c1-3-10-9-16(2)5-4-6-17(10)13(21)15-7-11(18)14-8-12(19)20/h10H,3-9H2,1-2H3,(H,14,18)(H,15,21)(H,19,20). The summed E-state index contributed by atoms with van der Waals surface area (Å²) in [5.41, 5.74) is 0. The first-order valence-electron chi connectivity index (χ1n) is 7.15. The van der Waals surface area contributed by atoms with Crippen LogP contribution in [0, 0.1) is 0 Å². The summed E-state index contributed by atoms with van der Waals surface area (Å²) in [5.74, 6) is -1.62. The Balaban J connectivity index is 2.45. The molecule has 3 amide bonds. The van der Waals surface area contributed by atoms with Gasteiger partial charge in [-0.2, -0.15) is 0 Å². The second-order valence-electron chi connectivity index (χ2n) is 5.20. The van der Waals surface area contributed by atoms with Gasteiger partial charge in [0.25, 0.3) is 0 Å².